The van der Waals surface area contributed by atoms with Gasteiger partial charge in [-0.2, -0.15) is 0 Å². The Labute approximate surface area is 162 Å². The van der Waals surface area contributed by atoms with Crippen LogP contribution in [0.4, 0.5) is 0 Å². The quantitative estimate of drug-likeness (QED) is 0.490. The predicted molar refractivity (Wildman–Crippen MR) is 106 cm³/mol. The van der Waals surface area contributed by atoms with Gasteiger partial charge in [0.1, 0.15) is 17.2 Å². The first-order valence-corrected chi connectivity index (χ1v) is 8.99. The molecule has 0 bridgehead atoms. The van der Waals surface area contributed by atoms with E-state index in [0.717, 1.165) is 16.9 Å². The Morgan fingerprint density at radius 2 is 1.82 bits per heavy atom. The topological polar surface area (TPSA) is 85.7 Å². The molecule has 0 saturated heterocycles. The summed E-state index contributed by atoms with van der Waals surface area (Å²) in [6.07, 6.45) is -0.115. The number of ether oxygens (including phenoxy) is 2. The van der Waals surface area contributed by atoms with E-state index in [1.165, 1.54) is 6.07 Å². The minimum Gasteiger partial charge on any atom is -0.506 e. The largest absolute Gasteiger partial charge is 0.506 e. The Morgan fingerprint density at radius 1 is 1.04 bits per heavy atom. The van der Waals surface area contributed by atoms with Crippen LogP contribution in [0, 0.1) is 0 Å². The minimum absolute atomic E-state index is 0.0420. The number of methoxy groups -OCH3 is 1. The molecule has 0 fully saturated rings. The van der Waals surface area contributed by atoms with Crippen molar-refractivity contribution in [1.82, 2.24) is 4.98 Å². The maximum Gasteiger partial charge on any atom is 0.306 e. The van der Waals surface area contributed by atoms with E-state index in [1.54, 1.807) is 14.0 Å². The number of fused-ring (bicyclic) bond motifs is 1. The van der Waals surface area contributed by atoms with E-state index >= 15 is 0 Å². The van der Waals surface area contributed by atoms with Crippen LogP contribution in [0.15, 0.2) is 48.5 Å². The van der Waals surface area contributed by atoms with Crippen molar-refractivity contribution in [2.24, 2.45) is 0 Å². The molecular weight excluding hydrogens is 358 g/mol. The van der Waals surface area contributed by atoms with Crippen LogP contribution in [-0.4, -0.2) is 35.6 Å². The number of aromatic hydroxyl groups is 1. The molecule has 6 heteroatoms. The van der Waals surface area contributed by atoms with Crippen molar-refractivity contribution in [2.75, 3.05) is 13.7 Å². The van der Waals surface area contributed by atoms with Crippen molar-refractivity contribution in [1.29, 1.82) is 0 Å². The lowest BCUT2D eigenvalue weighted by Gasteiger charge is -2.08. The van der Waals surface area contributed by atoms with Gasteiger partial charge in [0.15, 0.2) is 5.78 Å². The fourth-order valence-electron chi connectivity index (χ4n) is 2.91. The lowest BCUT2D eigenvalue weighted by Crippen LogP contribution is -2.09. The molecule has 2 aromatic carbocycles. The molecule has 0 aliphatic carbocycles. The van der Waals surface area contributed by atoms with Gasteiger partial charge in [0.05, 0.1) is 25.7 Å². The molecule has 3 rings (SSSR count). The summed E-state index contributed by atoms with van der Waals surface area (Å²) in [5, 5.41) is 10.9. The molecule has 1 heterocycles. The third kappa shape index (κ3) is 4.28. The highest BCUT2D eigenvalue weighted by molar-refractivity contribution is 6.00. The number of hydrogen-bond donors (Lipinski definition) is 1. The van der Waals surface area contributed by atoms with Gasteiger partial charge in [-0.05, 0) is 42.3 Å². The zero-order valence-electron chi connectivity index (χ0n) is 15.8. The lowest BCUT2D eigenvalue weighted by atomic mass is 10.0. The van der Waals surface area contributed by atoms with Crippen LogP contribution in [0.3, 0.4) is 0 Å². The second kappa shape index (κ2) is 8.52. The summed E-state index contributed by atoms with van der Waals surface area (Å²) in [7, 11) is 1.61. The van der Waals surface area contributed by atoms with Gasteiger partial charge >= 0.3 is 5.97 Å². The second-order valence-corrected chi connectivity index (χ2v) is 6.22. The minimum atomic E-state index is -0.448. The van der Waals surface area contributed by atoms with E-state index in [1.807, 2.05) is 42.5 Å². The zero-order chi connectivity index (χ0) is 20.1. The van der Waals surface area contributed by atoms with E-state index in [9.17, 15) is 14.7 Å². The molecule has 0 radical (unpaired) electrons. The lowest BCUT2D eigenvalue weighted by molar-refractivity contribution is -0.143. The fourth-order valence-corrected chi connectivity index (χ4v) is 2.91. The highest BCUT2D eigenvalue weighted by Crippen LogP contribution is 2.29. The number of Topliss-reactive ketones (excluding diaryl/α,β-unsaturated/α-hetero) is 1. The Bertz CT molecular complexity index is 1030. The second-order valence-electron chi connectivity index (χ2n) is 6.22. The van der Waals surface area contributed by atoms with Crippen molar-refractivity contribution in [3.8, 4) is 22.6 Å². The number of nitrogens with zero attached hydrogens (tertiary/aromatic N) is 1. The molecule has 3 aromatic rings. The van der Waals surface area contributed by atoms with Crippen LogP contribution in [-0.2, 0) is 9.53 Å². The van der Waals surface area contributed by atoms with Crippen LogP contribution in [0.25, 0.3) is 22.0 Å². The summed E-state index contributed by atoms with van der Waals surface area (Å²) in [6.45, 7) is 1.97. The first kappa shape index (κ1) is 19.4. The van der Waals surface area contributed by atoms with Gasteiger partial charge in [0, 0.05) is 11.8 Å². The summed E-state index contributed by atoms with van der Waals surface area (Å²) < 4.78 is 10.1. The Kier molecular flexibility index (Phi) is 5.89. The smallest absolute Gasteiger partial charge is 0.306 e. The van der Waals surface area contributed by atoms with E-state index in [-0.39, 0.29) is 30.9 Å². The van der Waals surface area contributed by atoms with Crippen molar-refractivity contribution in [2.45, 2.75) is 19.8 Å². The monoisotopic (exact) mass is 379 g/mol. The van der Waals surface area contributed by atoms with Gasteiger partial charge in [0.2, 0.25) is 0 Å². The average Bonchev–Trinajstić information content (AvgIpc) is 2.71. The molecule has 0 spiro atoms. The van der Waals surface area contributed by atoms with Gasteiger partial charge in [-0.3, -0.25) is 9.59 Å². The van der Waals surface area contributed by atoms with Crippen LogP contribution in [0.1, 0.15) is 30.3 Å². The van der Waals surface area contributed by atoms with E-state index < -0.39 is 11.8 Å². The van der Waals surface area contributed by atoms with Crippen molar-refractivity contribution >= 4 is 22.7 Å². The van der Waals surface area contributed by atoms with Crippen molar-refractivity contribution in [3.63, 3.8) is 0 Å². The Morgan fingerprint density at radius 3 is 2.57 bits per heavy atom. The van der Waals surface area contributed by atoms with Crippen molar-refractivity contribution < 1.29 is 24.2 Å². The van der Waals surface area contributed by atoms with Gasteiger partial charge in [0.25, 0.3) is 0 Å². The number of benzene rings is 2. The number of rotatable bonds is 7. The van der Waals surface area contributed by atoms with Gasteiger partial charge in [-0.25, -0.2) is 4.98 Å². The van der Waals surface area contributed by atoms with E-state index in [2.05, 4.69) is 4.98 Å². The van der Waals surface area contributed by atoms with Crippen molar-refractivity contribution in [3.05, 3.63) is 54.2 Å². The molecule has 0 unspecified atom stereocenters. The summed E-state index contributed by atoms with van der Waals surface area (Å²) >= 11 is 0. The zero-order valence-corrected chi connectivity index (χ0v) is 15.8. The molecule has 144 valence electrons. The Balaban J connectivity index is 1.91. The number of aromatic nitrogens is 1. The molecule has 1 N–H and O–H groups in total. The third-order valence-corrected chi connectivity index (χ3v) is 4.33. The number of pyridine rings is 1. The maximum atomic E-state index is 12.4. The van der Waals surface area contributed by atoms with Gasteiger partial charge in [-0.1, -0.05) is 24.3 Å². The first-order chi connectivity index (χ1) is 13.5. The summed E-state index contributed by atoms with van der Waals surface area (Å²) in [6, 6.07) is 14.7. The molecule has 0 amide bonds. The normalized spacial score (nSPS) is 10.6. The third-order valence-electron chi connectivity index (χ3n) is 4.33. The van der Waals surface area contributed by atoms with Crippen LogP contribution < -0.4 is 4.74 Å². The van der Waals surface area contributed by atoms with Crippen LogP contribution in [0.2, 0.25) is 0 Å². The number of carbonyl (C=O) groups excluding carboxylic acids is 2. The molecule has 0 saturated carbocycles. The first-order valence-electron chi connectivity index (χ1n) is 8.99. The van der Waals surface area contributed by atoms with Gasteiger partial charge in [-0.15, -0.1) is 0 Å². The Hall–Kier alpha value is -3.41. The fraction of sp³-hybridized carbons (Fsp3) is 0.227. The highest BCUT2D eigenvalue weighted by Gasteiger charge is 2.17. The van der Waals surface area contributed by atoms with Crippen LogP contribution >= 0.6 is 0 Å². The van der Waals surface area contributed by atoms with E-state index in [4.69, 9.17) is 9.47 Å². The summed E-state index contributed by atoms with van der Waals surface area (Å²) in [4.78, 5) is 28.2. The SMILES string of the molecule is CCOC(=O)CCC(=O)c1nc2cc(-c3cccc(OC)c3)ccc2cc1O. The summed E-state index contributed by atoms with van der Waals surface area (Å²) in [5.74, 6) is -0.308. The molecule has 0 aliphatic rings. The van der Waals surface area contributed by atoms with Gasteiger partial charge < -0.3 is 14.6 Å². The number of ketones is 1. The maximum absolute atomic E-state index is 12.4. The molecule has 28 heavy (non-hydrogen) atoms. The summed E-state index contributed by atoms with van der Waals surface area (Å²) in [5.41, 5.74) is 2.40. The van der Waals surface area contributed by atoms with E-state index in [0.29, 0.717) is 10.9 Å². The average molecular weight is 379 g/mol. The number of carbonyl (C=O) groups is 2. The molecule has 1 aromatic heterocycles. The number of hydrogen-bond acceptors (Lipinski definition) is 6. The highest BCUT2D eigenvalue weighted by atomic mass is 16.5. The predicted octanol–water partition coefficient (Wildman–Crippen LogP) is 4.14. The number of esters is 1. The standard InChI is InChI=1S/C22H21NO5/c1-3-28-21(26)10-9-19(24)22-20(25)13-16-8-7-15(12-18(16)23-22)14-5-4-6-17(11-14)27-2/h4-8,11-13,25H,3,9-10H2,1-2H3. The molecule has 0 aliphatic heterocycles. The van der Waals surface area contributed by atoms with Crippen LogP contribution in [0.5, 0.6) is 11.5 Å². The molecule has 6 nitrogen and oxygen atoms in total. The molecule has 0 atom stereocenters. The molecular formula is C22H21NO5.